The summed E-state index contributed by atoms with van der Waals surface area (Å²) in [5, 5.41) is 0. The zero-order chi connectivity index (χ0) is 11.6. The second-order valence-corrected chi connectivity index (χ2v) is 7.51. The molecule has 1 aromatic rings. The third kappa shape index (κ3) is 3.61. The molecule has 1 unspecified atom stereocenters. The molecule has 1 rings (SSSR count). The lowest BCUT2D eigenvalue weighted by Crippen LogP contribution is -2.23. The molecule has 4 heteroatoms. The molecule has 0 saturated carbocycles. The van der Waals surface area contributed by atoms with Crippen LogP contribution in [0.25, 0.3) is 0 Å². The molecule has 0 radical (unpaired) electrons. The van der Waals surface area contributed by atoms with E-state index in [1.807, 2.05) is 39.0 Å². The number of benzene rings is 1. The first kappa shape index (κ1) is 12.7. The Morgan fingerprint density at radius 3 is 2.47 bits per heavy atom. The van der Waals surface area contributed by atoms with Crippen molar-refractivity contribution in [1.82, 2.24) is 0 Å². The van der Waals surface area contributed by atoms with Crippen LogP contribution in [0.4, 0.5) is 5.69 Å². The van der Waals surface area contributed by atoms with E-state index in [1.54, 1.807) is 0 Å². The van der Waals surface area contributed by atoms with Crippen LogP contribution in [0, 0.1) is 0 Å². The van der Waals surface area contributed by atoms with Crippen molar-refractivity contribution < 1.29 is 4.21 Å². The Kier molecular flexibility index (Phi) is 3.95. The van der Waals surface area contributed by atoms with Crippen LogP contribution in [0.5, 0.6) is 0 Å². The maximum atomic E-state index is 11.9. The predicted molar refractivity (Wildman–Crippen MR) is 70.2 cm³/mol. The van der Waals surface area contributed by atoms with Crippen LogP contribution < -0.4 is 5.73 Å². The SMILES string of the molecule is CC(C)(C)S(=O)Cc1ccc(N)cc1Br. The number of halogens is 1. The van der Waals surface area contributed by atoms with Crippen LogP contribution in [0.2, 0.25) is 0 Å². The van der Waals surface area contributed by atoms with Gasteiger partial charge >= 0.3 is 0 Å². The van der Waals surface area contributed by atoms with Gasteiger partial charge in [0.05, 0.1) is 5.75 Å². The lowest BCUT2D eigenvalue weighted by molar-refractivity contribution is 0.648. The highest BCUT2D eigenvalue weighted by Crippen LogP contribution is 2.24. The van der Waals surface area contributed by atoms with Crippen molar-refractivity contribution in [2.75, 3.05) is 5.73 Å². The molecular weight excluding hydrogens is 274 g/mol. The molecule has 0 amide bonds. The van der Waals surface area contributed by atoms with Crippen molar-refractivity contribution in [2.45, 2.75) is 31.3 Å². The molecule has 0 heterocycles. The molecule has 0 fully saturated rings. The van der Waals surface area contributed by atoms with E-state index < -0.39 is 10.8 Å². The number of nitrogens with two attached hydrogens (primary N) is 1. The predicted octanol–water partition coefficient (Wildman–Crippen LogP) is 3.08. The van der Waals surface area contributed by atoms with E-state index in [9.17, 15) is 4.21 Å². The summed E-state index contributed by atoms with van der Waals surface area (Å²) in [6.45, 7) is 5.94. The van der Waals surface area contributed by atoms with Gasteiger partial charge in [-0.15, -0.1) is 0 Å². The van der Waals surface area contributed by atoms with Crippen LogP contribution in [-0.4, -0.2) is 8.96 Å². The largest absolute Gasteiger partial charge is 0.399 e. The van der Waals surface area contributed by atoms with Gasteiger partial charge in [0.1, 0.15) is 0 Å². The summed E-state index contributed by atoms with van der Waals surface area (Å²) in [5.74, 6) is 0.560. The van der Waals surface area contributed by atoms with Gasteiger partial charge in [-0.2, -0.15) is 0 Å². The molecule has 84 valence electrons. The number of nitrogen functional groups attached to an aromatic ring is 1. The number of hydrogen-bond donors (Lipinski definition) is 1. The van der Waals surface area contributed by atoms with E-state index in [2.05, 4.69) is 15.9 Å². The monoisotopic (exact) mass is 289 g/mol. The van der Waals surface area contributed by atoms with Gasteiger partial charge in [-0.25, -0.2) is 0 Å². The fourth-order valence-corrected chi connectivity index (χ4v) is 2.73. The molecule has 0 aliphatic heterocycles. The van der Waals surface area contributed by atoms with Gasteiger partial charge in [-0.05, 0) is 38.5 Å². The Bertz CT molecular complexity index is 385. The van der Waals surface area contributed by atoms with Crippen molar-refractivity contribution in [3.05, 3.63) is 28.2 Å². The van der Waals surface area contributed by atoms with Gasteiger partial charge < -0.3 is 5.73 Å². The van der Waals surface area contributed by atoms with E-state index >= 15 is 0 Å². The van der Waals surface area contributed by atoms with Gasteiger partial charge in [0.2, 0.25) is 0 Å². The summed E-state index contributed by atoms with van der Waals surface area (Å²) in [7, 11) is -0.876. The normalized spacial score (nSPS) is 13.9. The zero-order valence-electron chi connectivity index (χ0n) is 9.21. The molecule has 0 aromatic heterocycles. The van der Waals surface area contributed by atoms with Crippen molar-refractivity contribution in [1.29, 1.82) is 0 Å². The summed E-state index contributed by atoms with van der Waals surface area (Å²) in [6.07, 6.45) is 0. The second-order valence-electron chi connectivity index (χ2n) is 4.45. The highest BCUT2D eigenvalue weighted by Gasteiger charge is 2.20. The molecule has 1 aromatic carbocycles. The fraction of sp³-hybridized carbons (Fsp3) is 0.455. The van der Waals surface area contributed by atoms with Crippen LogP contribution in [-0.2, 0) is 16.6 Å². The minimum atomic E-state index is -0.876. The van der Waals surface area contributed by atoms with Crippen LogP contribution in [0.15, 0.2) is 22.7 Å². The Morgan fingerprint density at radius 1 is 1.40 bits per heavy atom. The highest BCUT2D eigenvalue weighted by atomic mass is 79.9. The van der Waals surface area contributed by atoms with Crippen LogP contribution >= 0.6 is 15.9 Å². The quantitative estimate of drug-likeness (QED) is 0.851. The minimum Gasteiger partial charge on any atom is -0.399 e. The van der Waals surface area contributed by atoms with Crippen molar-refractivity contribution in [2.24, 2.45) is 0 Å². The average Bonchev–Trinajstić information content (AvgIpc) is 2.08. The summed E-state index contributed by atoms with van der Waals surface area (Å²) in [4.78, 5) is 0. The van der Waals surface area contributed by atoms with Crippen LogP contribution in [0.1, 0.15) is 26.3 Å². The topological polar surface area (TPSA) is 43.1 Å². The van der Waals surface area contributed by atoms with E-state index in [4.69, 9.17) is 5.73 Å². The first-order chi connectivity index (χ1) is 6.80. The maximum Gasteiger partial charge on any atom is 0.0502 e. The standard InChI is InChI=1S/C11H16BrNOS/c1-11(2,3)15(14)7-8-4-5-9(13)6-10(8)12/h4-6H,7,13H2,1-3H3. The molecule has 0 saturated heterocycles. The molecule has 0 bridgehead atoms. The van der Waals surface area contributed by atoms with Gasteiger partial charge in [-0.1, -0.05) is 22.0 Å². The van der Waals surface area contributed by atoms with Crippen molar-refractivity contribution >= 4 is 32.4 Å². The third-order valence-electron chi connectivity index (χ3n) is 2.05. The molecule has 0 aliphatic rings. The van der Waals surface area contributed by atoms with Gasteiger partial charge in [0.25, 0.3) is 0 Å². The van der Waals surface area contributed by atoms with Crippen LogP contribution in [0.3, 0.4) is 0 Å². The third-order valence-corrected chi connectivity index (χ3v) is 4.72. The number of anilines is 1. The van der Waals surface area contributed by atoms with Gasteiger partial charge in [0.15, 0.2) is 0 Å². The molecule has 1 atom stereocenters. The fourth-order valence-electron chi connectivity index (χ4n) is 1.04. The average molecular weight is 290 g/mol. The van der Waals surface area contributed by atoms with Crippen molar-refractivity contribution in [3.8, 4) is 0 Å². The minimum absolute atomic E-state index is 0.180. The summed E-state index contributed by atoms with van der Waals surface area (Å²) in [5.41, 5.74) is 7.39. The smallest absolute Gasteiger partial charge is 0.0502 e. The highest BCUT2D eigenvalue weighted by molar-refractivity contribution is 9.10. The summed E-state index contributed by atoms with van der Waals surface area (Å²) < 4.78 is 12.7. The molecule has 2 nitrogen and oxygen atoms in total. The lowest BCUT2D eigenvalue weighted by Gasteiger charge is -2.18. The van der Waals surface area contributed by atoms with Gasteiger partial charge in [0, 0.05) is 25.7 Å². The Labute approximate surface area is 102 Å². The molecule has 0 spiro atoms. The van der Waals surface area contributed by atoms with E-state index in [0.717, 1.165) is 10.0 Å². The maximum absolute atomic E-state index is 11.9. The molecular formula is C11H16BrNOS. The number of hydrogen-bond acceptors (Lipinski definition) is 2. The second kappa shape index (κ2) is 4.66. The first-order valence-electron chi connectivity index (χ1n) is 4.73. The zero-order valence-corrected chi connectivity index (χ0v) is 11.6. The van der Waals surface area contributed by atoms with Crippen molar-refractivity contribution in [3.63, 3.8) is 0 Å². The summed E-state index contributed by atoms with van der Waals surface area (Å²) >= 11 is 3.43. The Balaban J connectivity index is 2.87. The first-order valence-corrected chi connectivity index (χ1v) is 6.84. The molecule has 2 N–H and O–H groups in total. The lowest BCUT2D eigenvalue weighted by atomic mass is 10.2. The van der Waals surface area contributed by atoms with E-state index in [-0.39, 0.29) is 4.75 Å². The van der Waals surface area contributed by atoms with Gasteiger partial charge in [-0.3, -0.25) is 4.21 Å². The Hall–Kier alpha value is -0.350. The van der Waals surface area contributed by atoms with E-state index in [1.165, 1.54) is 0 Å². The number of rotatable bonds is 2. The van der Waals surface area contributed by atoms with E-state index in [0.29, 0.717) is 11.4 Å². The Morgan fingerprint density at radius 2 is 2.00 bits per heavy atom. The molecule has 15 heavy (non-hydrogen) atoms. The summed E-state index contributed by atoms with van der Waals surface area (Å²) in [6, 6.07) is 5.60. The molecule has 0 aliphatic carbocycles.